The number of nitrogen functional groups attached to an aromatic ring is 1. The largest absolute Gasteiger partial charge is 0.384 e. The maximum Gasteiger partial charge on any atom is 0.245 e. The van der Waals surface area contributed by atoms with E-state index in [1.807, 2.05) is 13.8 Å². The molecule has 0 spiro atoms. The van der Waals surface area contributed by atoms with Crippen molar-refractivity contribution in [2.45, 2.75) is 123 Å². The van der Waals surface area contributed by atoms with Gasteiger partial charge in [0.25, 0.3) is 0 Å². The molecule has 12 nitrogen and oxygen atoms in total. The second-order valence-corrected chi connectivity index (χ2v) is 15.0. The van der Waals surface area contributed by atoms with Crippen LogP contribution in [0.15, 0.2) is 24.3 Å². The highest BCUT2D eigenvalue weighted by Crippen LogP contribution is 2.37. The molecule has 3 unspecified atom stereocenters. The summed E-state index contributed by atoms with van der Waals surface area (Å²) in [7, 11) is 0. The van der Waals surface area contributed by atoms with Gasteiger partial charge in [-0.25, -0.2) is 0 Å². The van der Waals surface area contributed by atoms with Crippen molar-refractivity contribution in [2.75, 3.05) is 13.1 Å². The molecule has 0 bridgehead atoms. The van der Waals surface area contributed by atoms with Crippen LogP contribution < -0.4 is 22.1 Å². The molecule has 7 N–H and O–H groups in total. The number of hydrogen-bond donors (Lipinski definition) is 5. The van der Waals surface area contributed by atoms with Crippen LogP contribution in [0.1, 0.15) is 115 Å². The van der Waals surface area contributed by atoms with E-state index in [0.29, 0.717) is 50.8 Å². The fourth-order valence-electron chi connectivity index (χ4n) is 7.74. The second-order valence-electron chi connectivity index (χ2n) is 15.0. The number of amidine groups is 1. The van der Waals surface area contributed by atoms with E-state index in [1.54, 1.807) is 29.2 Å². The van der Waals surface area contributed by atoms with Gasteiger partial charge in [0, 0.05) is 43.2 Å². The molecule has 282 valence electrons. The van der Waals surface area contributed by atoms with Gasteiger partial charge in [0.15, 0.2) is 0 Å². The van der Waals surface area contributed by atoms with Gasteiger partial charge in [-0.1, -0.05) is 63.8 Å². The number of aldehydes is 1. The molecular weight excluding hydrogens is 648 g/mol. The van der Waals surface area contributed by atoms with Gasteiger partial charge >= 0.3 is 0 Å². The predicted molar refractivity (Wildman–Crippen MR) is 196 cm³/mol. The van der Waals surface area contributed by atoms with Crippen LogP contribution in [0.4, 0.5) is 0 Å². The highest BCUT2D eigenvalue weighted by atomic mass is 16.2. The Morgan fingerprint density at radius 3 is 2.22 bits per heavy atom. The third-order valence-electron chi connectivity index (χ3n) is 10.5. The number of nitrogens with one attached hydrogen (secondary N) is 3. The molecule has 5 atom stereocenters. The van der Waals surface area contributed by atoms with Crippen molar-refractivity contribution in [2.24, 2.45) is 41.1 Å². The molecule has 0 aromatic heterocycles. The average Bonchev–Trinajstić information content (AvgIpc) is 3.58. The molecule has 3 rings (SSSR count). The number of likely N-dealkylation sites (tertiary alicyclic amines) is 1. The van der Waals surface area contributed by atoms with Gasteiger partial charge in [-0.15, -0.1) is 0 Å². The van der Waals surface area contributed by atoms with Crippen LogP contribution >= 0.6 is 0 Å². The van der Waals surface area contributed by atoms with Crippen molar-refractivity contribution in [1.29, 1.82) is 5.41 Å². The van der Waals surface area contributed by atoms with E-state index >= 15 is 0 Å². The lowest BCUT2D eigenvalue weighted by Gasteiger charge is -2.33. The number of Topliss-reactive ketones (excluding diaryl/α,β-unsaturated/α-hetero) is 1. The molecule has 51 heavy (non-hydrogen) atoms. The molecule has 4 amide bonds. The minimum Gasteiger partial charge on any atom is -0.384 e. The van der Waals surface area contributed by atoms with Gasteiger partial charge in [-0.2, -0.15) is 0 Å². The fraction of sp³-hybridized carbons (Fsp3) is 0.667. The number of nitrogens with zero attached hydrogens (tertiary/aromatic N) is 1. The topological polar surface area (TPSA) is 206 Å². The van der Waals surface area contributed by atoms with Gasteiger partial charge in [0.1, 0.15) is 23.9 Å². The van der Waals surface area contributed by atoms with Crippen LogP contribution in [-0.2, 0) is 35.2 Å². The maximum atomic E-state index is 14.4. The molecular formula is C39H60N6O6. The lowest BCUT2D eigenvalue weighted by atomic mass is 9.72. The number of ketones is 1. The first-order valence-corrected chi connectivity index (χ1v) is 18.9. The lowest BCUT2D eigenvalue weighted by Crippen LogP contribution is -2.52. The Balaban J connectivity index is 1.89. The molecule has 1 saturated heterocycles. The molecule has 1 aromatic rings. The van der Waals surface area contributed by atoms with Crippen molar-refractivity contribution in [3.63, 3.8) is 0 Å². The van der Waals surface area contributed by atoms with E-state index in [4.69, 9.17) is 16.9 Å². The summed E-state index contributed by atoms with van der Waals surface area (Å²) in [5.41, 5.74) is 12.7. The summed E-state index contributed by atoms with van der Waals surface area (Å²) < 4.78 is 0. The summed E-state index contributed by atoms with van der Waals surface area (Å²) in [6, 6.07) is 5.63. The van der Waals surface area contributed by atoms with Crippen molar-refractivity contribution < 1.29 is 28.8 Å². The van der Waals surface area contributed by atoms with Crippen LogP contribution in [-0.4, -0.2) is 71.6 Å². The fourth-order valence-corrected chi connectivity index (χ4v) is 7.74. The smallest absolute Gasteiger partial charge is 0.245 e. The molecule has 0 radical (unpaired) electrons. The number of imide groups is 1. The highest BCUT2D eigenvalue weighted by molar-refractivity contribution is 5.98. The van der Waals surface area contributed by atoms with E-state index in [-0.39, 0.29) is 54.5 Å². The predicted octanol–water partition coefficient (Wildman–Crippen LogP) is 3.80. The first-order valence-electron chi connectivity index (χ1n) is 18.9. The molecule has 12 heteroatoms. The van der Waals surface area contributed by atoms with Gasteiger partial charge in [0.05, 0.1) is 6.04 Å². The van der Waals surface area contributed by atoms with Crippen LogP contribution in [0.5, 0.6) is 0 Å². The standard InChI is InChI=1S/C39H60N6O6/c1-25(2)20-34(39(51)45-19-9-13-32(45)24-46)44-37(49)30(12-7-8-18-40)22-33(28-10-5-4-6-11-28)35(48)23-31(38(50)43-26(3)47)21-27-14-16-29(17-15-27)36(41)42/h14-17,24-25,28,30-34H,4-13,18-23,40H2,1-3H3,(H3,41,42)(H,44,49)(H,43,47,50)/t30?,31?,32-,33?,34-/m0/s1. The maximum absolute atomic E-state index is 14.4. The molecule has 1 aromatic carbocycles. The monoisotopic (exact) mass is 708 g/mol. The number of rotatable bonds is 20. The molecule has 2 aliphatic rings. The summed E-state index contributed by atoms with van der Waals surface area (Å²) in [6.07, 6.45) is 9.61. The van der Waals surface area contributed by atoms with Crippen LogP contribution in [0.2, 0.25) is 0 Å². The summed E-state index contributed by atoms with van der Waals surface area (Å²) >= 11 is 0. The van der Waals surface area contributed by atoms with Gasteiger partial charge in [-0.05, 0) is 81.7 Å². The Hall–Kier alpha value is -3.93. The highest BCUT2D eigenvalue weighted by Gasteiger charge is 2.38. The van der Waals surface area contributed by atoms with Gasteiger partial charge in [-0.3, -0.25) is 34.7 Å². The zero-order valence-electron chi connectivity index (χ0n) is 30.8. The van der Waals surface area contributed by atoms with E-state index in [1.165, 1.54) is 6.92 Å². The third kappa shape index (κ3) is 13.0. The van der Waals surface area contributed by atoms with Gasteiger partial charge in [0.2, 0.25) is 23.6 Å². The first kappa shape index (κ1) is 41.5. The van der Waals surface area contributed by atoms with E-state index in [2.05, 4.69) is 10.6 Å². The molecule has 1 saturated carbocycles. The van der Waals surface area contributed by atoms with Crippen molar-refractivity contribution in [1.82, 2.24) is 15.5 Å². The van der Waals surface area contributed by atoms with Crippen molar-refractivity contribution in [3.05, 3.63) is 35.4 Å². The van der Waals surface area contributed by atoms with E-state index < -0.39 is 41.7 Å². The SMILES string of the molecule is CC(=O)NC(=O)C(CC(=O)C(CC(CCCCN)C(=O)N[C@@H](CC(C)C)C(=O)N1CCC[C@H]1C=O)C1CCCCC1)Cc1ccc(C(=N)N)cc1. The number of carbonyl (C=O) groups excluding carboxylic acids is 6. The molecule has 1 aliphatic heterocycles. The minimum atomic E-state index is -0.820. The lowest BCUT2D eigenvalue weighted by molar-refractivity contribution is -0.140. The molecule has 1 aliphatic carbocycles. The summed E-state index contributed by atoms with van der Waals surface area (Å²) in [4.78, 5) is 80.9. The van der Waals surface area contributed by atoms with Crippen LogP contribution in [0.3, 0.4) is 0 Å². The molecule has 1 heterocycles. The zero-order valence-corrected chi connectivity index (χ0v) is 30.8. The number of carbonyl (C=O) groups is 6. The summed E-state index contributed by atoms with van der Waals surface area (Å²) in [5.74, 6) is -3.45. The van der Waals surface area contributed by atoms with E-state index in [0.717, 1.165) is 50.4 Å². The molecule has 2 fully saturated rings. The number of benzene rings is 1. The number of amides is 4. The normalized spacial score (nSPS) is 18.8. The van der Waals surface area contributed by atoms with Gasteiger partial charge < -0.3 is 26.5 Å². The average molecular weight is 709 g/mol. The minimum absolute atomic E-state index is 0.0495. The van der Waals surface area contributed by atoms with Crippen molar-refractivity contribution >= 4 is 41.5 Å². The Bertz CT molecular complexity index is 1360. The Kier molecular flexibility index (Phi) is 16.9. The Morgan fingerprint density at radius 1 is 0.941 bits per heavy atom. The zero-order chi connectivity index (χ0) is 37.5. The van der Waals surface area contributed by atoms with Crippen LogP contribution in [0.25, 0.3) is 0 Å². The number of nitrogens with two attached hydrogens (primary N) is 2. The third-order valence-corrected chi connectivity index (χ3v) is 10.5. The quantitative estimate of drug-likeness (QED) is 0.0582. The summed E-state index contributed by atoms with van der Waals surface area (Å²) in [6.45, 7) is 6.18. The Morgan fingerprint density at radius 2 is 1.63 bits per heavy atom. The van der Waals surface area contributed by atoms with Crippen molar-refractivity contribution in [3.8, 4) is 0 Å². The Labute approximate surface area is 303 Å². The van der Waals surface area contributed by atoms with Crippen LogP contribution in [0, 0.1) is 35.0 Å². The first-order chi connectivity index (χ1) is 24.3. The number of hydrogen-bond acceptors (Lipinski definition) is 8. The number of unbranched alkanes of at least 4 members (excludes halogenated alkanes) is 1. The summed E-state index contributed by atoms with van der Waals surface area (Å²) in [5, 5.41) is 13.1. The second kappa shape index (κ2) is 20.8. The van der Waals surface area contributed by atoms with E-state index in [9.17, 15) is 28.8 Å².